The quantitative estimate of drug-likeness (QED) is 0.573. The van der Waals surface area contributed by atoms with Gasteiger partial charge >= 0.3 is 0 Å². The van der Waals surface area contributed by atoms with Crippen LogP contribution in [0.4, 0.5) is 5.69 Å². The van der Waals surface area contributed by atoms with Gasteiger partial charge in [0.1, 0.15) is 0 Å². The molecule has 1 aliphatic heterocycles. The van der Waals surface area contributed by atoms with E-state index in [2.05, 4.69) is 15.4 Å². The Kier molecular flexibility index (Phi) is 6.38. The average Bonchev–Trinajstić information content (AvgIpc) is 2.53. The maximum atomic E-state index is 12.5. The molecule has 8 nitrogen and oxygen atoms in total. The number of fused-ring (bicyclic) bond motifs is 1. The Morgan fingerprint density at radius 1 is 1.31 bits per heavy atom. The molecule has 2 rings (SSSR count). The Labute approximate surface area is 153 Å². The van der Waals surface area contributed by atoms with Gasteiger partial charge < -0.3 is 15.4 Å². The molecule has 0 unspecified atom stereocenters. The fraction of sp³-hybridized carbons (Fsp3) is 0.529. The molecule has 0 aromatic heterocycles. The molecule has 1 aliphatic rings. The van der Waals surface area contributed by atoms with Crippen LogP contribution >= 0.6 is 0 Å². The molecule has 3 N–H and O–H groups in total. The third-order valence-electron chi connectivity index (χ3n) is 4.18. The number of nitrogens with one attached hydrogen (secondary N) is 3. The first-order valence-electron chi connectivity index (χ1n) is 8.35. The molecule has 0 fully saturated rings. The van der Waals surface area contributed by atoms with Crippen LogP contribution in [-0.4, -0.2) is 47.0 Å². The topological polar surface area (TPSA) is 114 Å². The second-order valence-corrected chi connectivity index (χ2v) is 8.57. The van der Waals surface area contributed by atoms with Crippen LogP contribution in [0.1, 0.15) is 32.3 Å². The highest BCUT2D eigenvalue weighted by Gasteiger charge is 2.33. The van der Waals surface area contributed by atoms with Gasteiger partial charge in [-0.05, 0) is 23.8 Å². The zero-order valence-electron chi connectivity index (χ0n) is 15.2. The van der Waals surface area contributed by atoms with Crippen molar-refractivity contribution >= 4 is 27.5 Å². The number of hydrogen-bond donors (Lipinski definition) is 3. The van der Waals surface area contributed by atoms with E-state index in [4.69, 9.17) is 4.74 Å². The minimum Gasteiger partial charge on any atom is -0.383 e. The summed E-state index contributed by atoms with van der Waals surface area (Å²) in [6, 6.07) is 4.62. The van der Waals surface area contributed by atoms with E-state index < -0.39 is 15.4 Å². The molecule has 0 saturated carbocycles. The number of rotatable bonds is 8. The predicted molar refractivity (Wildman–Crippen MR) is 97.4 cm³/mol. The number of methoxy groups -OCH3 is 1. The molecule has 0 aliphatic carbocycles. The summed E-state index contributed by atoms with van der Waals surface area (Å²) >= 11 is 0. The molecule has 0 saturated heterocycles. The Balaban J connectivity index is 2.04. The van der Waals surface area contributed by atoms with E-state index >= 15 is 0 Å². The molecule has 0 bridgehead atoms. The van der Waals surface area contributed by atoms with Gasteiger partial charge in [-0.25, -0.2) is 13.1 Å². The third kappa shape index (κ3) is 5.03. The van der Waals surface area contributed by atoms with E-state index in [9.17, 15) is 18.0 Å². The molecule has 0 atom stereocenters. The highest BCUT2D eigenvalue weighted by molar-refractivity contribution is 7.89. The maximum absolute atomic E-state index is 12.5. The average molecular weight is 383 g/mol. The predicted octanol–water partition coefficient (Wildman–Crippen LogP) is 0.737. The van der Waals surface area contributed by atoms with Gasteiger partial charge in [-0.15, -0.1) is 0 Å². The van der Waals surface area contributed by atoms with Gasteiger partial charge in [-0.2, -0.15) is 0 Å². The summed E-state index contributed by atoms with van der Waals surface area (Å²) in [6.45, 7) is 4.59. The van der Waals surface area contributed by atoms with Crippen LogP contribution in [0.3, 0.4) is 0 Å². The minimum atomic E-state index is -3.75. The van der Waals surface area contributed by atoms with E-state index in [-0.39, 0.29) is 29.7 Å². The van der Waals surface area contributed by atoms with Crippen molar-refractivity contribution in [2.24, 2.45) is 0 Å². The lowest BCUT2D eigenvalue weighted by atomic mass is 9.78. The van der Waals surface area contributed by atoms with E-state index in [1.165, 1.54) is 13.2 Å². The van der Waals surface area contributed by atoms with Crippen molar-refractivity contribution in [1.82, 2.24) is 10.0 Å². The number of carbonyl (C=O) groups excluding carboxylic acids is 2. The van der Waals surface area contributed by atoms with Crippen LogP contribution in [0.25, 0.3) is 0 Å². The summed E-state index contributed by atoms with van der Waals surface area (Å²) in [5.41, 5.74) is 0.949. The minimum absolute atomic E-state index is 0.00162. The molecule has 9 heteroatoms. The smallest absolute Gasteiger partial charge is 0.240 e. The van der Waals surface area contributed by atoms with E-state index in [0.717, 1.165) is 5.56 Å². The van der Waals surface area contributed by atoms with Gasteiger partial charge in [-0.3, -0.25) is 9.59 Å². The van der Waals surface area contributed by atoms with Crippen molar-refractivity contribution < 1.29 is 22.7 Å². The first kappa shape index (κ1) is 20.3. The monoisotopic (exact) mass is 383 g/mol. The van der Waals surface area contributed by atoms with Crippen molar-refractivity contribution in [1.29, 1.82) is 0 Å². The number of sulfonamides is 1. The standard InChI is InChI=1S/C17H25N3O5S/c1-17(2)11-16(22)20-14-5-4-12(10-13(14)17)26(23,24)19-7-6-15(21)18-8-9-25-3/h4-5,10,19H,6-9,11H2,1-3H3,(H,18,21)(H,20,22). The Hall–Kier alpha value is -1.97. The number of carbonyl (C=O) groups is 2. The van der Waals surface area contributed by atoms with Crippen LogP contribution in [0.15, 0.2) is 23.1 Å². The van der Waals surface area contributed by atoms with Gasteiger partial charge in [0.2, 0.25) is 21.8 Å². The van der Waals surface area contributed by atoms with Crippen LogP contribution in [0, 0.1) is 0 Å². The van der Waals surface area contributed by atoms with Crippen molar-refractivity contribution in [3.63, 3.8) is 0 Å². The SMILES string of the molecule is COCCNC(=O)CCNS(=O)(=O)c1ccc2c(c1)C(C)(C)CC(=O)N2. The largest absolute Gasteiger partial charge is 0.383 e. The molecule has 0 spiro atoms. The van der Waals surface area contributed by atoms with Crippen LogP contribution < -0.4 is 15.4 Å². The van der Waals surface area contributed by atoms with Gasteiger partial charge in [0, 0.05) is 44.1 Å². The second-order valence-electron chi connectivity index (χ2n) is 6.81. The number of amides is 2. The fourth-order valence-corrected chi connectivity index (χ4v) is 3.87. The van der Waals surface area contributed by atoms with Gasteiger partial charge in [0.15, 0.2) is 0 Å². The molecule has 1 aromatic carbocycles. The summed E-state index contributed by atoms with van der Waals surface area (Å²) in [5.74, 6) is -0.338. The molecule has 1 aromatic rings. The van der Waals surface area contributed by atoms with Gasteiger partial charge in [0.25, 0.3) is 0 Å². The number of ether oxygens (including phenoxy) is 1. The number of hydrogen-bond acceptors (Lipinski definition) is 5. The van der Waals surface area contributed by atoms with Gasteiger partial charge in [0.05, 0.1) is 11.5 Å². The molecule has 0 radical (unpaired) electrons. The Morgan fingerprint density at radius 3 is 2.73 bits per heavy atom. The van der Waals surface area contributed by atoms with Crippen LogP contribution in [0.5, 0.6) is 0 Å². The summed E-state index contributed by atoms with van der Waals surface area (Å²) in [5, 5.41) is 5.39. The summed E-state index contributed by atoms with van der Waals surface area (Å²) < 4.78 is 32.2. The molecular weight excluding hydrogens is 358 g/mol. The highest BCUT2D eigenvalue weighted by Crippen LogP contribution is 2.38. The van der Waals surface area contributed by atoms with Crippen molar-refractivity contribution in [2.75, 3.05) is 32.1 Å². The van der Waals surface area contributed by atoms with Gasteiger partial charge in [-0.1, -0.05) is 13.8 Å². The van der Waals surface area contributed by atoms with Crippen molar-refractivity contribution in [2.45, 2.75) is 37.0 Å². The maximum Gasteiger partial charge on any atom is 0.240 e. The molecule has 2 amide bonds. The van der Waals surface area contributed by atoms with Crippen LogP contribution in [0.2, 0.25) is 0 Å². The van der Waals surface area contributed by atoms with E-state index in [1.54, 1.807) is 12.1 Å². The Morgan fingerprint density at radius 2 is 2.04 bits per heavy atom. The third-order valence-corrected chi connectivity index (χ3v) is 5.64. The number of anilines is 1. The lowest BCUT2D eigenvalue weighted by molar-refractivity contribution is -0.121. The second kappa shape index (κ2) is 8.15. The first-order valence-corrected chi connectivity index (χ1v) is 9.84. The van der Waals surface area contributed by atoms with E-state index in [1.807, 2.05) is 13.8 Å². The van der Waals surface area contributed by atoms with Crippen molar-refractivity contribution in [3.05, 3.63) is 23.8 Å². The fourth-order valence-electron chi connectivity index (χ4n) is 2.81. The summed E-state index contributed by atoms with van der Waals surface area (Å²) in [6.07, 6.45) is 0.327. The van der Waals surface area contributed by atoms with Crippen LogP contribution in [-0.2, 0) is 29.8 Å². The number of benzene rings is 1. The zero-order valence-corrected chi connectivity index (χ0v) is 16.0. The molecule has 26 heavy (non-hydrogen) atoms. The highest BCUT2D eigenvalue weighted by atomic mass is 32.2. The molecular formula is C17H25N3O5S. The summed E-state index contributed by atoms with van der Waals surface area (Å²) in [7, 11) is -2.21. The molecule has 1 heterocycles. The molecule has 144 valence electrons. The lowest BCUT2D eigenvalue weighted by Crippen LogP contribution is -2.34. The summed E-state index contributed by atoms with van der Waals surface area (Å²) in [4.78, 5) is 23.5. The van der Waals surface area contributed by atoms with E-state index in [0.29, 0.717) is 25.3 Å². The first-order chi connectivity index (χ1) is 12.2. The lowest BCUT2D eigenvalue weighted by Gasteiger charge is -2.32. The zero-order chi connectivity index (χ0) is 19.4. The van der Waals surface area contributed by atoms with Crippen molar-refractivity contribution in [3.8, 4) is 0 Å². The normalized spacial score (nSPS) is 15.9. The Bertz CT molecular complexity index is 790.